The highest BCUT2D eigenvalue weighted by Crippen LogP contribution is 2.46. The lowest BCUT2D eigenvalue weighted by atomic mass is 9.84. The predicted molar refractivity (Wildman–Crippen MR) is 130 cm³/mol. The summed E-state index contributed by atoms with van der Waals surface area (Å²) in [5.74, 6) is 3.06. The molecule has 0 bridgehead atoms. The molecule has 2 heterocycles. The summed E-state index contributed by atoms with van der Waals surface area (Å²) in [6.45, 7) is 5.43. The van der Waals surface area contributed by atoms with Gasteiger partial charge in [-0.15, -0.1) is 0 Å². The van der Waals surface area contributed by atoms with E-state index in [4.69, 9.17) is 23.7 Å². The molecule has 1 aliphatic carbocycles. The molecule has 0 unspecified atom stereocenters. The molecule has 2 aliphatic heterocycles. The van der Waals surface area contributed by atoms with E-state index in [0.29, 0.717) is 13.3 Å². The number of fused-ring (bicyclic) bond motifs is 3. The molecule has 0 atom stereocenters. The molecule has 172 valence electrons. The van der Waals surface area contributed by atoms with Crippen molar-refractivity contribution in [1.82, 2.24) is 5.32 Å². The van der Waals surface area contributed by atoms with Crippen LogP contribution in [0.1, 0.15) is 34.2 Å². The molecule has 0 fully saturated rings. The number of ether oxygens (including phenoxy) is 5. The van der Waals surface area contributed by atoms with Crippen molar-refractivity contribution < 1.29 is 23.7 Å². The van der Waals surface area contributed by atoms with Crippen LogP contribution in [-0.2, 0) is 17.8 Å². The first-order chi connectivity index (χ1) is 16.8. The summed E-state index contributed by atoms with van der Waals surface area (Å²) < 4.78 is 28.6. The molecule has 3 aliphatic rings. The molecular weight excluding hydrogens is 430 g/mol. The second kappa shape index (κ2) is 8.80. The monoisotopic (exact) mass is 455 g/mol. The molecule has 0 amide bonds. The highest BCUT2D eigenvalue weighted by molar-refractivity contribution is 5.96. The Hall–Kier alpha value is -3.90. The van der Waals surface area contributed by atoms with Gasteiger partial charge >= 0.3 is 0 Å². The lowest BCUT2D eigenvalue weighted by molar-refractivity contribution is 0.114. The zero-order chi connectivity index (χ0) is 22.9. The molecule has 0 saturated carbocycles. The Morgan fingerprint density at radius 1 is 0.853 bits per heavy atom. The molecule has 3 aromatic rings. The van der Waals surface area contributed by atoms with E-state index in [2.05, 4.69) is 42.2 Å². The Kier molecular flexibility index (Phi) is 5.35. The van der Waals surface area contributed by atoms with Gasteiger partial charge in [-0.05, 0) is 53.3 Å². The van der Waals surface area contributed by atoms with Gasteiger partial charge in [0, 0.05) is 16.8 Å². The molecular formula is C28H25NO5. The van der Waals surface area contributed by atoms with Crippen LogP contribution < -0.4 is 24.3 Å². The first-order valence-electron chi connectivity index (χ1n) is 11.4. The lowest BCUT2D eigenvalue weighted by Gasteiger charge is -2.26. The minimum atomic E-state index is 0.226. The standard InChI is InChI=1S/C28H25NO5/c1-2-20-21(10-11-24-28(20)34-17-31-24)22-9-8-19-12-25-26(33-16-32-25)13-23(19)27(22)29-15-30-14-18-6-4-3-5-7-18/h2-7,10-13,29H,1,8-9,14-17H2. The van der Waals surface area contributed by atoms with E-state index < -0.39 is 0 Å². The second-order valence-electron chi connectivity index (χ2n) is 8.34. The molecule has 0 saturated heterocycles. The van der Waals surface area contributed by atoms with E-state index in [9.17, 15) is 0 Å². The Morgan fingerprint density at radius 3 is 2.50 bits per heavy atom. The maximum Gasteiger partial charge on any atom is 0.231 e. The van der Waals surface area contributed by atoms with Gasteiger partial charge < -0.3 is 29.0 Å². The van der Waals surface area contributed by atoms with Crippen molar-refractivity contribution in [3.8, 4) is 23.0 Å². The topological polar surface area (TPSA) is 58.2 Å². The van der Waals surface area contributed by atoms with E-state index in [1.807, 2.05) is 30.3 Å². The maximum atomic E-state index is 5.98. The average Bonchev–Trinajstić information content (AvgIpc) is 3.54. The summed E-state index contributed by atoms with van der Waals surface area (Å²) >= 11 is 0. The second-order valence-corrected chi connectivity index (χ2v) is 8.34. The quantitative estimate of drug-likeness (QED) is 0.382. The van der Waals surface area contributed by atoms with Gasteiger partial charge in [0.1, 0.15) is 6.73 Å². The zero-order valence-corrected chi connectivity index (χ0v) is 18.8. The Morgan fingerprint density at radius 2 is 1.65 bits per heavy atom. The highest BCUT2D eigenvalue weighted by atomic mass is 16.7. The van der Waals surface area contributed by atoms with Crippen LogP contribution in [0.3, 0.4) is 0 Å². The lowest BCUT2D eigenvalue weighted by Crippen LogP contribution is -2.21. The maximum absolute atomic E-state index is 5.98. The van der Waals surface area contributed by atoms with Crippen molar-refractivity contribution in [3.05, 3.63) is 89.0 Å². The fourth-order valence-electron chi connectivity index (χ4n) is 4.77. The molecule has 3 aromatic carbocycles. The van der Waals surface area contributed by atoms with Gasteiger partial charge in [0.05, 0.1) is 6.61 Å². The van der Waals surface area contributed by atoms with E-state index >= 15 is 0 Å². The molecule has 0 spiro atoms. The largest absolute Gasteiger partial charge is 0.454 e. The van der Waals surface area contributed by atoms with Gasteiger partial charge in [-0.25, -0.2) is 0 Å². The van der Waals surface area contributed by atoms with Gasteiger partial charge in [0.15, 0.2) is 23.0 Å². The summed E-state index contributed by atoms with van der Waals surface area (Å²) in [5, 5.41) is 3.56. The van der Waals surface area contributed by atoms with Crippen molar-refractivity contribution in [1.29, 1.82) is 0 Å². The minimum Gasteiger partial charge on any atom is -0.454 e. The molecule has 34 heavy (non-hydrogen) atoms. The van der Waals surface area contributed by atoms with Crippen molar-refractivity contribution in [2.45, 2.75) is 19.4 Å². The van der Waals surface area contributed by atoms with Crippen LogP contribution in [0.15, 0.2) is 61.2 Å². The fourth-order valence-corrected chi connectivity index (χ4v) is 4.77. The molecule has 0 radical (unpaired) electrons. The third kappa shape index (κ3) is 3.66. The van der Waals surface area contributed by atoms with E-state index in [1.165, 1.54) is 11.1 Å². The Labute approximate surface area is 198 Å². The number of allylic oxidation sites excluding steroid dienone is 1. The molecule has 6 rings (SSSR count). The number of nitrogens with one attached hydrogen (secondary N) is 1. The van der Waals surface area contributed by atoms with Crippen molar-refractivity contribution in [3.63, 3.8) is 0 Å². The van der Waals surface area contributed by atoms with Crippen LogP contribution >= 0.6 is 0 Å². The van der Waals surface area contributed by atoms with Crippen LogP contribution in [0.2, 0.25) is 0 Å². The van der Waals surface area contributed by atoms with Crippen LogP contribution in [0.5, 0.6) is 23.0 Å². The van der Waals surface area contributed by atoms with E-state index in [-0.39, 0.29) is 13.6 Å². The molecule has 0 aromatic heterocycles. The fraction of sp³-hybridized carbons (Fsp3) is 0.214. The highest BCUT2D eigenvalue weighted by Gasteiger charge is 2.28. The summed E-state index contributed by atoms with van der Waals surface area (Å²) in [5.41, 5.74) is 7.68. The SMILES string of the molecule is C=Cc1c(C2=C(NCOCc3ccccc3)c3cc4c(cc3CC2)OCO4)ccc2c1OCO2. The number of benzene rings is 3. The number of hydrogen-bond donors (Lipinski definition) is 1. The van der Waals surface area contributed by atoms with Crippen molar-refractivity contribution in [2.75, 3.05) is 20.3 Å². The van der Waals surface area contributed by atoms with Gasteiger partial charge in [-0.3, -0.25) is 0 Å². The smallest absolute Gasteiger partial charge is 0.231 e. The van der Waals surface area contributed by atoms with Gasteiger partial charge in [-0.1, -0.05) is 49.1 Å². The third-order valence-corrected chi connectivity index (χ3v) is 6.38. The van der Waals surface area contributed by atoms with Gasteiger partial charge in [-0.2, -0.15) is 0 Å². The van der Waals surface area contributed by atoms with Crippen LogP contribution in [-0.4, -0.2) is 20.3 Å². The van der Waals surface area contributed by atoms with Crippen molar-refractivity contribution in [2.24, 2.45) is 0 Å². The first kappa shape index (κ1) is 20.7. The summed E-state index contributed by atoms with van der Waals surface area (Å²) in [6.07, 6.45) is 3.59. The van der Waals surface area contributed by atoms with Crippen LogP contribution in [0, 0.1) is 0 Å². The number of rotatable bonds is 7. The van der Waals surface area contributed by atoms with E-state index in [1.54, 1.807) is 0 Å². The van der Waals surface area contributed by atoms with E-state index in [0.717, 1.165) is 63.8 Å². The zero-order valence-electron chi connectivity index (χ0n) is 18.8. The first-order valence-corrected chi connectivity index (χ1v) is 11.4. The third-order valence-electron chi connectivity index (χ3n) is 6.38. The normalized spacial score (nSPS) is 15.3. The Bertz CT molecular complexity index is 1280. The van der Waals surface area contributed by atoms with Crippen molar-refractivity contribution >= 4 is 17.3 Å². The predicted octanol–water partition coefficient (Wildman–Crippen LogP) is 5.37. The van der Waals surface area contributed by atoms with Gasteiger partial charge in [0.2, 0.25) is 13.6 Å². The van der Waals surface area contributed by atoms with Crippen LogP contribution in [0.25, 0.3) is 17.3 Å². The molecule has 6 heteroatoms. The summed E-state index contributed by atoms with van der Waals surface area (Å²) in [4.78, 5) is 0. The van der Waals surface area contributed by atoms with Gasteiger partial charge in [0.25, 0.3) is 0 Å². The average molecular weight is 456 g/mol. The Balaban J connectivity index is 1.38. The minimum absolute atomic E-state index is 0.226. The number of aryl methyl sites for hydroxylation is 1. The summed E-state index contributed by atoms with van der Waals surface area (Å²) in [6, 6.07) is 18.4. The van der Waals surface area contributed by atoms with Crippen LogP contribution in [0.4, 0.5) is 0 Å². The molecule has 6 nitrogen and oxygen atoms in total. The molecule has 1 N–H and O–H groups in total. The summed E-state index contributed by atoms with van der Waals surface area (Å²) in [7, 11) is 0. The number of hydrogen-bond acceptors (Lipinski definition) is 6.